The molecule has 1 atom stereocenters. The van der Waals surface area contributed by atoms with Crippen molar-refractivity contribution in [3.8, 4) is 0 Å². The Kier molecular flexibility index (Phi) is 7.49. The van der Waals surface area contributed by atoms with Crippen LogP contribution in [0.25, 0.3) is 0 Å². The normalized spacial score (nSPS) is 12.6. The predicted molar refractivity (Wildman–Crippen MR) is 103 cm³/mol. The van der Waals surface area contributed by atoms with Gasteiger partial charge < -0.3 is 14.8 Å². The molecule has 0 aliphatic carbocycles. The first-order valence-corrected chi connectivity index (χ1v) is 9.84. The van der Waals surface area contributed by atoms with E-state index in [-0.39, 0.29) is 23.5 Å². The Morgan fingerprint density at radius 3 is 2.19 bits per heavy atom. The first-order chi connectivity index (χ1) is 12.9. The molecule has 2 aromatic carbocycles. The van der Waals surface area contributed by atoms with E-state index in [2.05, 4.69) is 10.0 Å². The second-order valence-corrected chi connectivity index (χ2v) is 7.80. The molecule has 0 aromatic heterocycles. The van der Waals surface area contributed by atoms with Gasteiger partial charge in [0.25, 0.3) is 5.91 Å². The van der Waals surface area contributed by atoms with Crippen LogP contribution < -0.4 is 10.0 Å². The summed E-state index contributed by atoms with van der Waals surface area (Å²) in [7, 11) is -0.527. The maximum absolute atomic E-state index is 12.3. The lowest BCUT2D eigenvalue weighted by atomic mass is 10.1. The van der Waals surface area contributed by atoms with Crippen LogP contribution >= 0.6 is 0 Å². The molecule has 0 bridgehead atoms. The van der Waals surface area contributed by atoms with Crippen molar-refractivity contribution in [3.05, 3.63) is 59.7 Å². The van der Waals surface area contributed by atoms with Crippen molar-refractivity contribution in [1.29, 1.82) is 0 Å². The summed E-state index contributed by atoms with van der Waals surface area (Å²) in [5.74, 6) is -0.276. The van der Waals surface area contributed by atoms with Crippen LogP contribution in [-0.2, 0) is 26.1 Å². The lowest BCUT2D eigenvalue weighted by Gasteiger charge is -2.13. The molecule has 146 valence electrons. The van der Waals surface area contributed by atoms with Crippen molar-refractivity contribution in [2.75, 3.05) is 26.1 Å². The largest absolute Gasteiger partial charge is 0.383 e. The summed E-state index contributed by atoms with van der Waals surface area (Å²) in [5.41, 5.74) is 1.98. The average Bonchev–Trinajstić information content (AvgIpc) is 2.63. The third kappa shape index (κ3) is 6.14. The number of hydrogen-bond acceptors (Lipinski definition) is 5. The summed E-state index contributed by atoms with van der Waals surface area (Å²) in [6, 6.07) is 12.7. The van der Waals surface area contributed by atoms with Crippen molar-refractivity contribution in [3.63, 3.8) is 0 Å². The van der Waals surface area contributed by atoms with E-state index in [1.165, 1.54) is 19.2 Å². The number of benzene rings is 2. The zero-order valence-corrected chi connectivity index (χ0v) is 16.4. The van der Waals surface area contributed by atoms with Gasteiger partial charge >= 0.3 is 0 Å². The summed E-state index contributed by atoms with van der Waals surface area (Å²) in [4.78, 5) is 12.4. The monoisotopic (exact) mass is 392 g/mol. The quantitative estimate of drug-likeness (QED) is 0.683. The number of sulfonamides is 1. The summed E-state index contributed by atoms with van der Waals surface area (Å²) >= 11 is 0. The Hall–Kier alpha value is -2.26. The number of carbonyl (C=O) groups excluding carboxylic acids is 1. The number of amides is 1. The van der Waals surface area contributed by atoms with Gasteiger partial charge in [0, 0.05) is 31.5 Å². The molecule has 0 fully saturated rings. The number of anilines is 1. The predicted octanol–water partition coefficient (Wildman–Crippen LogP) is 2.40. The van der Waals surface area contributed by atoms with Crippen LogP contribution in [0.4, 0.5) is 5.69 Å². The Morgan fingerprint density at radius 1 is 1.00 bits per heavy atom. The SMILES string of the molecule is COCc1ccc(C(=O)Nc2ccc(S(=O)(=O)N[C@H](C)COC)cc2)cc1. The average molecular weight is 392 g/mol. The van der Waals surface area contributed by atoms with Crippen molar-refractivity contribution in [2.45, 2.75) is 24.5 Å². The molecule has 27 heavy (non-hydrogen) atoms. The first-order valence-electron chi connectivity index (χ1n) is 8.36. The fourth-order valence-corrected chi connectivity index (χ4v) is 3.68. The van der Waals surface area contributed by atoms with Crippen molar-refractivity contribution >= 4 is 21.6 Å². The number of hydrogen-bond donors (Lipinski definition) is 2. The van der Waals surface area contributed by atoms with Gasteiger partial charge in [0.2, 0.25) is 10.0 Å². The summed E-state index contributed by atoms with van der Waals surface area (Å²) in [6.45, 7) is 2.47. The van der Waals surface area contributed by atoms with E-state index >= 15 is 0 Å². The highest BCUT2D eigenvalue weighted by molar-refractivity contribution is 7.89. The van der Waals surface area contributed by atoms with E-state index < -0.39 is 10.0 Å². The molecular formula is C19H24N2O5S. The maximum atomic E-state index is 12.3. The fraction of sp³-hybridized carbons (Fsp3) is 0.316. The van der Waals surface area contributed by atoms with Crippen LogP contribution in [-0.4, -0.2) is 41.2 Å². The molecule has 0 radical (unpaired) electrons. The lowest BCUT2D eigenvalue weighted by Crippen LogP contribution is -2.35. The zero-order chi connectivity index (χ0) is 19.9. The number of nitrogens with one attached hydrogen (secondary N) is 2. The standard InChI is InChI=1S/C19H24N2O5S/c1-14(12-25-2)21-27(23,24)18-10-8-17(9-11-18)20-19(22)16-6-4-15(5-7-16)13-26-3/h4-11,14,21H,12-13H2,1-3H3,(H,20,22)/t14-/m1/s1. The van der Waals surface area contributed by atoms with Crippen LogP contribution in [0.15, 0.2) is 53.4 Å². The van der Waals surface area contributed by atoms with E-state index in [1.807, 2.05) is 12.1 Å². The van der Waals surface area contributed by atoms with Gasteiger partial charge in [0.15, 0.2) is 0 Å². The second-order valence-electron chi connectivity index (χ2n) is 6.09. The van der Waals surface area contributed by atoms with Gasteiger partial charge in [-0.3, -0.25) is 4.79 Å². The highest BCUT2D eigenvalue weighted by Gasteiger charge is 2.17. The third-order valence-electron chi connectivity index (χ3n) is 3.72. The van der Waals surface area contributed by atoms with E-state index in [0.717, 1.165) is 5.56 Å². The van der Waals surface area contributed by atoms with Crippen molar-refractivity contribution in [2.24, 2.45) is 0 Å². The van der Waals surface area contributed by atoms with Crippen LogP contribution in [0.3, 0.4) is 0 Å². The molecule has 2 rings (SSSR count). The summed E-state index contributed by atoms with van der Waals surface area (Å²) in [6.07, 6.45) is 0. The van der Waals surface area contributed by atoms with Gasteiger partial charge in [-0.25, -0.2) is 13.1 Å². The topological polar surface area (TPSA) is 93.7 Å². The molecule has 8 heteroatoms. The molecule has 0 saturated heterocycles. The van der Waals surface area contributed by atoms with Gasteiger partial charge in [-0.1, -0.05) is 12.1 Å². The number of ether oxygens (including phenoxy) is 2. The van der Waals surface area contributed by atoms with E-state index in [9.17, 15) is 13.2 Å². The Morgan fingerprint density at radius 2 is 1.63 bits per heavy atom. The van der Waals surface area contributed by atoms with Gasteiger partial charge in [-0.05, 0) is 48.9 Å². The van der Waals surface area contributed by atoms with E-state index in [4.69, 9.17) is 9.47 Å². The van der Waals surface area contributed by atoms with Crippen LogP contribution in [0.2, 0.25) is 0 Å². The highest BCUT2D eigenvalue weighted by atomic mass is 32.2. The number of methoxy groups -OCH3 is 2. The first kappa shape index (κ1) is 21.0. The number of carbonyl (C=O) groups is 1. The maximum Gasteiger partial charge on any atom is 0.255 e. The van der Waals surface area contributed by atoms with Crippen LogP contribution in [0, 0.1) is 0 Å². The summed E-state index contributed by atoms with van der Waals surface area (Å²) < 4.78 is 37.1. The molecule has 0 spiro atoms. The van der Waals surface area contributed by atoms with Crippen molar-refractivity contribution in [1.82, 2.24) is 4.72 Å². The smallest absolute Gasteiger partial charge is 0.255 e. The molecule has 0 unspecified atom stereocenters. The minimum Gasteiger partial charge on any atom is -0.383 e. The minimum absolute atomic E-state index is 0.118. The minimum atomic E-state index is -3.64. The second kappa shape index (κ2) is 9.61. The van der Waals surface area contributed by atoms with Gasteiger partial charge in [0.1, 0.15) is 0 Å². The van der Waals surface area contributed by atoms with Crippen molar-refractivity contribution < 1.29 is 22.7 Å². The zero-order valence-electron chi connectivity index (χ0n) is 15.6. The molecule has 0 heterocycles. The van der Waals surface area contributed by atoms with E-state index in [1.54, 1.807) is 38.3 Å². The molecule has 0 aliphatic heterocycles. The molecular weight excluding hydrogens is 368 g/mol. The molecule has 2 N–H and O–H groups in total. The molecule has 0 saturated carbocycles. The highest BCUT2D eigenvalue weighted by Crippen LogP contribution is 2.16. The van der Waals surface area contributed by atoms with Crippen LogP contribution in [0.1, 0.15) is 22.8 Å². The van der Waals surface area contributed by atoms with E-state index in [0.29, 0.717) is 17.9 Å². The molecule has 0 aliphatic rings. The molecule has 2 aromatic rings. The molecule has 1 amide bonds. The molecule has 7 nitrogen and oxygen atoms in total. The summed E-state index contributed by atoms with van der Waals surface area (Å²) in [5, 5.41) is 2.74. The Balaban J connectivity index is 2.03. The fourth-order valence-electron chi connectivity index (χ4n) is 2.46. The van der Waals surface area contributed by atoms with Gasteiger partial charge in [-0.2, -0.15) is 0 Å². The lowest BCUT2D eigenvalue weighted by molar-refractivity contribution is 0.102. The Labute approximate surface area is 159 Å². The Bertz CT molecular complexity index is 849. The van der Waals surface area contributed by atoms with Gasteiger partial charge in [-0.15, -0.1) is 0 Å². The third-order valence-corrected chi connectivity index (χ3v) is 5.33. The van der Waals surface area contributed by atoms with Crippen LogP contribution in [0.5, 0.6) is 0 Å². The van der Waals surface area contributed by atoms with Gasteiger partial charge in [0.05, 0.1) is 18.1 Å². The number of rotatable bonds is 9.